The summed E-state index contributed by atoms with van der Waals surface area (Å²) in [7, 11) is 0. The van der Waals surface area contributed by atoms with E-state index in [1.807, 2.05) is 0 Å². The molecule has 20 heavy (non-hydrogen) atoms. The number of hydrogen-bond donors (Lipinski definition) is 1. The summed E-state index contributed by atoms with van der Waals surface area (Å²) in [6, 6.07) is 9.20. The first-order valence-electron chi connectivity index (χ1n) is 8.05. The predicted molar refractivity (Wildman–Crippen MR) is 87.2 cm³/mol. The van der Waals surface area contributed by atoms with Crippen LogP contribution in [0.15, 0.2) is 24.3 Å². The first-order chi connectivity index (χ1) is 9.63. The fourth-order valence-electron chi connectivity index (χ4n) is 2.15. The topological polar surface area (TPSA) is 21.3 Å². The van der Waals surface area contributed by atoms with Crippen LogP contribution in [0.25, 0.3) is 0 Å². The lowest BCUT2D eigenvalue weighted by Gasteiger charge is -2.20. The Labute approximate surface area is 124 Å². The zero-order valence-electron chi connectivity index (χ0n) is 13.6. The summed E-state index contributed by atoms with van der Waals surface area (Å²) in [5, 5.41) is 3.49. The van der Waals surface area contributed by atoms with Crippen LogP contribution in [0.2, 0.25) is 0 Å². The number of rotatable bonds is 10. The maximum atomic E-state index is 6.10. The minimum absolute atomic E-state index is 0.166. The van der Waals surface area contributed by atoms with Gasteiger partial charge in [0.2, 0.25) is 0 Å². The van der Waals surface area contributed by atoms with Gasteiger partial charge in [0.1, 0.15) is 0 Å². The van der Waals surface area contributed by atoms with Crippen LogP contribution in [0.3, 0.4) is 0 Å². The van der Waals surface area contributed by atoms with Crippen molar-refractivity contribution in [3.63, 3.8) is 0 Å². The number of benzene rings is 1. The average molecular weight is 277 g/mol. The number of nitrogens with one attached hydrogen (secondary N) is 1. The van der Waals surface area contributed by atoms with Gasteiger partial charge in [0.05, 0.1) is 6.10 Å². The zero-order valence-corrected chi connectivity index (χ0v) is 13.6. The third kappa shape index (κ3) is 7.06. The Morgan fingerprint density at radius 3 is 2.35 bits per heavy atom. The molecule has 114 valence electrons. The monoisotopic (exact) mass is 277 g/mol. The number of ether oxygens (including phenoxy) is 1. The molecule has 1 atom stereocenters. The first kappa shape index (κ1) is 17.2. The lowest BCUT2D eigenvalue weighted by atomic mass is 10.1. The molecule has 1 aromatic carbocycles. The van der Waals surface area contributed by atoms with Crippen molar-refractivity contribution in [1.29, 1.82) is 0 Å². The zero-order chi connectivity index (χ0) is 14.8. The van der Waals surface area contributed by atoms with Crippen molar-refractivity contribution in [1.82, 2.24) is 5.32 Å². The number of aryl methyl sites for hydroxylation is 1. The van der Waals surface area contributed by atoms with E-state index < -0.39 is 0 Å². The molecule has 0 aliphatic heterocycles. The summed E-state index contributed by atoms with van der Waals surface area (Å²) < 4.78 is 6.10. The summed E-state index contributed by atoms with van der Waals surface area (Å²) in [5.74, 6) is 0. The van der Waals surface area contributed by atoms with Gasteiger partial charge in [0.25, 0.3) is 0 Å². The van der Waals surface area contributed by atoms with E-state index >= 15 is 0 Å². The minimum atomic E-state index is 0.166. The fourth-order valence-corrected chi connectivity index (χ4v) is 2.15. The van der Waals surface area contributed by atoms with Gasteiger partial charge >= 0.3 is 0 Å². The van der Waals surface area contributed by atoms with Crippen LogP contribution < -0.4 is 5.32 Å². The molecule has 0 heterocycles. The van der Waals surface area contributed by atoms with Crippen LogP contribution in [0.1, 0.15) is 63.7 Å². The van der Waals surface area contributed by atoms with Crippen molar-refractivity contribution in [2.24, 2.45) is 0 Å². The van der Waals surface area contributed by atoms with E-state index in [2.05, 4.69) is 57.3 Å². The lowest BCUT2D eigenvalue weighted by Crippen LogP contribution is -2.29. The van der Waals surface area contributed by atoms with Gasteiger partial charge in [0, 0.05) is 19.2 Å². The lowest BCUT2D eigenvalue weighted by molar-refractivity contribution is 0.0486. The van der Waals surface area contributed by atoms with Crippen LogP contribution >= 0.6 is 0 Å². The summed E-state index contributed by atoms with van der Waals surface area (Å²) in [5.41, 5.74) is 2.58. The Morgan fingerprint density at radius 1 is 1.05 bits per heavy atom. The summed E-state index contributed by atoms with van der Waals surface area (Å²) in [4.78, 5) is 0. The second-order valence-corrected chi connectivity index (χ2v) is 5.89. The van der Waals surface area contributed by atoms with E-state index in [4.69, 9.17) is 4.74 Å². The molecule has 2 heteroatoms. The van der Waals surface area contributed by atoms with Crippen molar-refractivity contribution in [2.45, 2.75) is 65.5 Å². The highest BCUT2D eigenvalue weighted by atomic mass is 16.5. The molecule has 0 spiro atoms. The Kier molecular flexibility index (Phi) is 8.56. The summed E-state index contributed by atoms with van der Waals surface area (Å²) >= 11 is 0. The largest absolute Gasteiger partial charge is 0.372 e. The highest BCUT2D eigenvalue weighted by Gasteiger charge is 2.12. The Bertz CT molecular complexity index is 345. The maximum absolute atomic E-state index is 6.10. The standard InChI is InChI=1S/C18H31NO/c1-5-6-7-8-13-20-18(14-19-15(2)3)17-11-9-16(4)10-12-17/h9-12,15,18-19H,5-8,13-14H2,1-4H3. The fraction of sp³-hybridized carbons (Fsp3) is 0.667. The highest BCUT2D eigenvalue weighted by molar-refractivity contribution is 5.23. The molecule has 0 radical (unpaired) electrons. The second kappa shape index (κ2) is 9.95. The molecule has 1 unspecified atom stereocenters. The van der Waals surface area contributed by atoms with Crippen LogP contribution in [-0.4, -0.2) is 19.2 Å². The third-order valence-corrected chi connectivity index (χ3v) is 3.48. The first-order valence-corrected chi connectivity index (χ1v) is 8.05. The predicted octanol–water partition coefficient (Wildman–Crippen LogP) is 4.63. The van der Waals surface area contributed by atoms with Crippen molar-refractivity contribution >= 4 is 0 Å². The Morgan fingerprint density at radius 2 is 1.75 bits per heavy atom. The van der Waals surface area contributed by atoms with Gasteiger partial charge < -0.3 is 10.1 Å². The quantitative estimate of drug-likeness (QED) is 0.629. The van der Waals surface area contributed by atoms with Gasteiger partial charge in [-0.3, -0.25) is 0 Å². The Hall–Kier alpha value is -0.860. The van der Waals surface area contributed by atoms with Crippen molar-refractivity contribution < 1.29 is 4.74 Å². The van der Waals surface area contributed by atoms with Crippen molar-refractivity contribution in [3.8, 4) is 0 Å². The smallest absolute Gasteiger partial charge is 0.0949 e. The minimum Gasteiger partial charge on any atom is -0.372 e. The van der Waals surface area contributed by atoms with Gasteiger partial charge in [0.15, 0.2) is 0 Å². The van der Waals surface area contributed by atoms with Gasteiger partial charge in [-0.1, -0.05) is 69.9 Å². The summed E-state index contributed by atoms with van der Waals surface area (Å²) in [6.07, 6.45) is 5.19. The maximum Gasteiger partial charge on any atom is 0.0949 e. The van der Waals surface area contributed by atoms with Crippen LogP contribution in [-0.2, 0) is 4.74 Å². The van der Waals surface area contributed by atoms with E-state index in [-0.39, 0.29) is 6.10 Å². The SMILES string of the molecule is CCCCCCOC(CNC(C)C)c1ccc(C)cc1. The van der Waals surface area contributed by atoms with E-state index in [1.54, 1.807) is 0 Å². The van der Waals surface area contributed by atoms with E-state index in [9.17, 15) is 0 Å². The van der Waals surface area contributed by atoms with E-state index in [0.29, 0.717) is 6.04 Å². The van der Waals surface area contributed by atoms with E-state index in [1.165, 1.54) is 30.4 Å². The molecule has 1 rings (SSSR count). The molecule has 0 saturated heterocycles. The van der Waals surface area contributed by atoms with Gasteiger partial charge in [-0.25, -0.2) is 0 Å². The summed E-state index contributed by atoms with van der Waals surface area (Å²) in [6.45, 7) is 10.5. The van der Waals surface area contributed by atoms with Crippen molar-refractivity contribution in [3.05, 3.63) is 35.4 Å². The molecule has 0 aliphatic carbocycles. The van der Waals surface area contributed by atoms with Gasteiger partial charge in [-0.15, -0.1) is 0 Å². The normalized spacial score (nSPS) is 12.8. The van der Waals surface area contributed by atoms with Gasteiger partial charge in [-0.2, -0.15) is 0 Å². The molecule has 0 bridgehead atoms. The average Bonchev–Trinajstić information content (AvgIpc) is 2.43. The molecule has 0 aliphatic rings. The second-order valence-electron chi connectivity index (χ2n) is 5.89. The molecular weight excluding hydrogens is 246 g/mol. The molecule has 1 aromatic rings. The van der Waals surface area contributed by atoms with E-state index in [0.717, 1.165) is 19.6 Å². The van der Waals surface area contributed by atoms with Crippen LogP contribution in [0.5, 0.6) is 0 Å². The van der Waals surface area contributed by atoms with Crippen molar-refractivity contribution in [2.75, 3.05) is 13.2 Å². The Balaban J connectivity index is 2.49. The van der Waals surface area contributed by atoms with Gasteiger partial charge in [-0.05, 0) is 18.9 Å². The molecular formula is C18H31NO. The van der Waals surface area contributed by atoms with Crippen LogP contribution in [0, 0.1) is 6.92 Å². The number of unbranched alkanes of at least 4 members (excludes halogenated alkanes) is 3. The third-order valence-electron chi connectivity index (χ3n) is 3.48. The molecule has 1 N–H and O–H groups in total. The van der Waals surface area contributed by atoms with Crippen LogP contribution in [0.4, 0.5) is 0 Å². The molecule has 0 aromatic heterocycles. The molecule has 2 nitrogen and oxygen atoms in total. The highest BCUT2D eigenvalue weighted by Crippen LogP contribution is 2.18. The molecule has 0 saturated carbocycles. The number of hydrogen-bond acceptors (Lipinski definition) is 2. The molecule has 0 amide bonds. The molecule has 0 fully saturated rings.